The molecule has 3 aromatic carbocycles. The number of carbonyl (C=O) groups excluding carboxylic acids is 1. The summed E-state index contributed by atoms with van der Waals surface area (Å²) in [7, 11) is 0. The molecule has 0 N–H and O–H groups in total. The summed E-state index contributed by atoms with van der Waals surface area (Å²) in [4.78, 5) is 13.1. The zero-order valence-electron chi connectivity index (χ0n) is 18.5. The number of rotatable bonds is 13. The predicted octanol–water partition coefficient (Wildman–Crippen LogP) is 5.52. The molecule has 166 valence electrons. The van der Waals surface area contributed by atoms with Crippen LogP contribution in [0, 0.1) is 0 Å². The fraction of sp³-hybridized carbons (Fsp3) is 0.250. The molecule has 32 heavy (non-hydrogen) atoms. The lowest BCUT2D eigenvalue weighted by Crippen LogP contribution is -2.41. The summed E-state index contributed by atoms with van der Waals surface area (Å²) in [5, 5.41) is 0. The Bertz CT molecular complexity index is 954. The highest BCUT2D eigenvalue weighted by Crippen LogP contribution is 2.18. The Balaban J connectivity index is 1.67. The number of hydrogen-bond acceptors (Lipinski definition) is 4. The van der Waals surface area contributed by atoms with E-state index in [9.17, 15) is 4.79 Å². The quantitative estimate of drug-likeness (QED) is 0.335. The van der Waals surface area contributed by atoms with Crippen molar-refractivity contribution in [2.45, 2.75) is 39.0 Å². The monoisotopic (exact) mass is 430 g/mol. The van der Waals surface area contributed by atoms with Crippen molar-refractivity contribution >= 4 is 5.78 Å². The van der Waals surface area contributed by atoms with Gasteiger partial charge < -0.3 is 14.2 Å². The third-order valence-electron chi connectivity index (χ3n) is 4.98. The summed E-state index contributed by atoms with van der Waals surface area (Å²) >= 11 is 0. The van der Waals surface area contributed by atoms with Crippen LogP contribution in [-0.4, -0.2) is 24.6 Å². The van der Waals surface area contributed by atoms with Crippen LogP contribution in [0.15, 0.2) is 103 Å². The van der Waals surface area contributed by atoms with Gasteiger partial charge in [0, 0.05) is 0 Å². The molecule has 0 aliphatic heterocycles. The Morgan fingerprint density at radius 2 is 1.09 bits per heavy atom. The first-order chi connectivity index (χ1) is 15.6. The number of benzene rings is 3. The van der Waals surface area contributed by atoms with Gasteiger partial charge in [-0.25, -0.2) is 0 Å². The average molecular weight is 431 g/mol. The second kappa shape index (κ2) is 12.7. The molecule has 4 heteroatoms. The molecule has 0 amide bonds. The summed E-state index contributed by atoms with van der Waals surface area (Å²) < 4.78 is 17.9. The van der Waals surface area contributed by atoms with Crippen LogP contribution in [0.4, 0.5) is 0 Å². The first kappa shape index (κ1) is 23.6. The molecule has 2 atom stereocenters. The molecule has 0 bridgehead atoms. The standard InChI is InChI=1S/C28H30O4/c1-22(2)27(31-19-24-14-8-4-9-15-24)28(32-20-25-16-10-5-11-17-25)26(29)21-30-18-23-12-6-3-7-13-23/h3-17,27-28H,1,18-21H2,2H3/t27-,28-/m1/s1. The Kier molecular flexibility index (Phi) is 9.38. The highest BCUT2D eigenvalue weighted by atomic mass is 16.5. The maximum atomic E-state index is 13.1. The molecule has 0 saturated heterocycles. The molecule has 0 heterocycles. The SMILES string of the molecule is C=C(C)[C@@H](OCc1ccccc1)[C@H](OCc1ccccc1)C(=O)COCc1ccccc1. The average Bonchev–Trinajstić information content (AvgIpc) is 2.83. The molecule has 0 spiro atoms. The maximum Gasteiger partial charge on any atom is 0.190 e. The van der Waals surface area contributed by atoms with Crippen LogP contribution >= 0.6 is 0 Å². The Hall–Kier alpha value is -3.05. The summed E-state index contributed by atoms with van der Waals surface area (Å²) in [6.45, 7) is 6.87. The molecule has 0 saturated carbocycles. The van der Waals surface area contributed by atoms with Gasteiger partial charge in [0.1, 0.15) is 18.8 Å². The van der Waals surface area contributed by atoms with E-state index >= 15 is 0 Å². The zero-order valence-corrected chi connectivity index (χ0v) is 18.5. The predicted molar refractivity (Wildman–Crippen MR) is 126 cm³/mol. The molecule has 4 nitrogen and oxygen atoms in total. The van der Waals surface area contributed by atoms with Crippen molar-refractivity contribution in [3.63, 3.8) is 0 Å². The van der Waals surface area contributed by atoms with Gasteiger partial charge in [0.25, 0.3) is 0 Å². The summed E-state index contributed by atoms with van der Waals surface area (Å²) in [5.41, 5.74) is 3.75. The fourth-order valence-electron chi connectivity index (χ4n) is 3.28. The highest BCUT2D eigenvalue weighted by Gasteiger charge is 2.31. The van der Waals surface area contributed by atoms with Crippen LogP contribution in [0.25, 0.3) is 0 Å². The van der Waals surface area contributed by atoms with Crippen LogP contribution in [-0.2, 0) is 38.8 Å². The third-order valence-corrected chi connectivity index (χ3v) is 4.98. The van der Waals surface area contributed by atoms with Gasteiger partial charge in [0.15, 0.2) is 5.78 Å². The van der Waals surface area contributed by atoms with E-state index in [4.69, 9.17) is 14.2 Å². The Morgan fingerprint density at radius 1 is 0.688 bits per heavy atom. The van der Waals surface area contributed by atoms with Gasteiger partial charge >= 0.3 is 0 Å². The van der Waals surface area contributed by atoms with Gasteiger partial charge in [-0.15, -0.1) is 0 Å². The van der Waals surface area contributed by atoms with Gasteiger partial charge in [-0.2, -0.15) is 0 Å². The van der Waals surface area contributed by atoms with E-state index < -0.39 is 12.2 Å². The van der Waals surface area contributed by atoms with Crippen LogP contribution < -0.4 is 0 Å². The smallest absolute Gasteiger partial charge is 0.190 e. The zero-order chi connectivity index (χ0) is 22.6. The van der Waals surface area contributed by atoms with Crippen LogP contribution in [0.5, 0.6) is 0 Å². The molecule has 0 aliphatic rings. The molecule has 3 aromatic rings. The lowest BCUT2D eigenvalue weighted by molar-refractivity contribution is -0.147. The molecule has 0 unspecified atom stereocenters. The third kappa shape index (κ3) is 7.57. The summed E-state index contributed by atoms with van der Waals surface area (Å²) in [5.74, 6) is -0.169. The topological polar surface area (TPSA) is 44.8 Å². The van der Waals surface area contributed by atoms with Crippen molar-refractivity contribution in [3.05, 3.63) is 120 Å². The second-order valence-corrected chi connectivity index (χ2v) is 7.73. The minimum absolute atomic E-state index is 0.0627. The van der Waals surface area contributed by atoms with Crippen LogP contribution in [0.3, 0.4) is 0 Å². The Morgan fingerprint density at radius 3 is 1.53 bits per heavy atom. The van der Waals surface area contributed by atoms with Gasteiger partial charge in [0.2, 0.25) is 0 Å². The summed E-state index contributed by atoms with van der Waals surface area (Å²) in [6, 6.07) is 29.4. The molecular weight excluding hydrogens is 400 g/mol. The maximum absolute atomic E-state index is 13.1. The largest absolute Gasteiger partial charge is 0.369 e. The van der Waals surface area contributed by atoms with Crippen LogP contribution in [0.1, 0.15) is 23.6 Å². The van der Waals surface area contributed by atoms with E-state index in [1.165, 1.54) is 0 Å². The molecule has 0 aromatic heterocycles. The molecule has 3 rings (SSSR count). The van der Waals surface area contributed by atoms with Crippen molar-refractivity contribution in [2.24, 2.45) is 0 Å². The van der Waals surface area contributed by atoms with Crippen molar-refractivity contribution in [2.75, 3.05) is 6.61 Å². The van der Waals surface area contributed by atoms with Crippen LogP contribution in [0.2, 0.25) is 0 Å². The van der Waals surface area contributed by atoms with E-state index in [0.717, 1.165) is 22.3 Å². The number of ether oxygens (including phenoxy) is 3. The van der Waals surface area contributed by atoms with Crippen molar-refractivity contribution in [1.82, 2.24) is 0 Å². The fourth-order valence-corrected chi connectivity index (χ4v) is 3.28. The second-order valence-electron chi connectivity index (χ2n) is 7.73. The highest BCUT2D eigenvalue weighted by molar-refractivity contribution is 5.85. The van der Waals surface area contributed by atoms with Gasteiger partial charge in [-0.05, 0) is 29.2 Å². The van der Waals surface area contributed by atoms with Crippen molar-refractivity contribution < 1.29 is 19.0 Å². The van der Waals surface area contributed by atoms with E-state index in [1.807, 2.05) is 97.9 Å². The molecule has 0 aliphatic carbocycles. The molecule has 0 radical (unpaired) electrons. The number of carbonyl (C=O) groups is 1. The number of Topliss-reactive ketones (excluding diaryl/α,β-unsaturated/α-hetero) is 1. The van der Waals surface area contributed by atoms with E-state index in [-0.39, 0.29) is 12.4 Å². The van der Waals surface area contributed by atoms with E-state index in [2.05, 4.69) is 6.58 Å². The molecular formula is C28H30O4. The lowest BCUT2D eigenvalue weighted by Gasteiger charge is -2.27. The van der Waals surface area contributed by atoms with Crippen molar-refractivity contribution in [1.29, 1.82) is 0 Å². The Labute approximate surface area is 190 Å². The van der Waals surface area contributed by atoms with Crippen molar-refractivity contribution in [3.8, 4) is 0 Å². The normalized spacial score (nSPS) is 12.8. The molecule has 0 fully saturated rings. The van der Waals surface area contributed by atoms with Gasteiger partial charge in [0.05, 0.1) is 19.8 Å². The lowest BCUT2D eigenvalue weighted by atomic mass is 10.0. The van der Waals surface area contributed by atoms with E-state index in [0.29, 0.717) is 19.8 Å². The number of hydrogen-bond donors (Lipinski definition) is 0. The van der Waals surface area contributed by atoms with E-state index in [1.54, 1.807) is 0 Å². The van der Waals surface area contributed by atoms with Gasteiger partial charge in [-0.3, -0.25) is 4.79 Å². The van der Waals surface area contributed by atoms with Gasteiger partial charge in [-0.1, -0.05) is 97.6 Å². The first-order valence-corrected chi connectivity index (χ1v) is 10.7. The minimum Gasteiger partial charge on any atom is -0.369 e. The number of ketones is 1. The summed E-state index contributed by atoms with van der Waals surface area (Å²) in [6.07, 6.45) is -1.39. The minimum atomic E-state index is -0.813. The first-order valence-electron chi connectivity index (χ1n) is 10.7.